The van der Waals surface area contributed by atoms with Gasteiger partial charge in [-0.1, -0.05) is 43.3 Å². The second-order valence-corrected chi connectivity index (χ2v) is 8.95. The molecule has 1 N–H and O–H groups in total. The van der Waals surface area contributed by atoms with Crippen LogP contribution in [0.5, 0.6) is 0 Å². The third-order valence-corrected chi connectivity index (χ3v) is 6.27. The van der Waals surface area contributed by atoms with Crippen LogP contribution in [0.1, 0.15) is 43.4 Å². The Kier molecular flexibility index (Phi) is 6.03. The lowest BCUT2D eigenvalue weighted by Gasteiger charge is -2.33. The summed E-state index contributed by atoms with van der Waals surface area (Å²) in [6, 6.07) is 12.4. The number of halogens is 1. The molecule has 28 heavy (non-hydrogen) atoms. The third-order valence-electron chi connectivity index (χ3n) is 5.11. The normalized spacial score (nSPS) is 17.5. The van der Waals surface area contributed by atoms with E-state index in [1.165, 1.54) is 23.8 Å². The number of carbonyl (C=O) groups excluding carboxylic acids is 1. The molecule has 2 aromatic rings. The molecule has 0 unspecified atom stereocenters. The standard InChI is InChI=1S/C21H25FN2O3S/c1-3-19(24(28(2,26)27)20-14-7-6-12-17(20)22)21(25)23-18-13-8-10-15-9-4-5-11-16(15)18/h4-7,9,11-12,14,18-19H,3,8,10,13H2,1-2H3,(H,23,25)/t18-,19-/m1/s1. The molecule has 3 rings (SSSR count). The van der Waals surface area contributed by atoms with E-state index in [1.54, 1.807) is 13.0 Å². The van der Waals surface area contributed by atoms with Gasteiger partial charge in [0.1, 0.15) is 11.9 Å². The first-order valence-electron chi connectivity index (χ1n) is 9.45. The fourth-order valence-corrected chi connectivity index (χ4v) is 5.05. The number of anilines is 1. The molecule has 0 aliphatic heterocycles. The lowest BCUT2D eigenvalue weighted by Crippen LogP contribution is -2.50. The number of fused-ring (bicyclic) bond motifs is 1. The van der Waals surface area contributed by atoms with E-state index < -0.39 is 27.8 Å². The summed E-state index contributed by atoms with van der Waals surface area (Å²) in [4.78, 5) is 13.1. The first kappa shape index (κ1) is 20.3. The molecule has 0 aromatic heterocycles. The number of sulfonamides is 1. The molecule has 0 saturated heterocycles. The Labute approximate surface area is 165 Å². The maximum Gasteiger partial charge on any atom is 0.244 e. The van der Waals surface area contributed by atoms with E-state index in [2.05, 4.69) is 5.32 Å². The summed E-state index contributed by atoms with van der Waals surface area (Å²) in [5.74, 6) is -1.10. The van der Waals surface area contributed by atoms with Crippen molar-refractivity contribution in [3.63, 3.8) is 0 Å². The van der Waals surface area contributed by atoms with Gasteiger partial charge in [-0.2, -0.15) is 0 Å². The number of rotatable bonds is 6. The third kappa shape index (κ3) is 4.19. The Bertz CT molecular complexity index is 962. The minimum absolute atomic E-state index is 0.115. The molecule has 2 aromatic carbocycles. The van der Waals surface area contributed by atoms with Crippen LogP contribution in [0.15, 0.2) is 48.5 Å². The average Bonchev–Trinajstić information content (AvgIpc) is 2.66. The second-order valence-electron chi connectivity index (χ2n) is 7.09. The van der Waals surface area contributed by atoms with E-state index in [9.17, 15) is 17.6 Å². The van der Waals surface area contributed by atoms with Crippen LogP contribution >= 0.6 is 0 Å². The zero-order valence-corrected chi connectivity index (χ0v) is 16.9. The van der Waals surface area contributed by atoms with Gasteiger partial charge in [-0.05, 0) is 48.9 Å². The summed E-state index contributed by atoms with van der Waals surface area (Å²) in [5.41, 5.74) is 2.14. The first-order valence-corrected chi connectivity index (χ1v) is 11.3. The number of hydrogen-bond donors (Lipinski definition) is 1. The second kappa shape index (κ2) is 8.31. The van der Waals surface area contributed by atoms with E-state index in [0.29, 0.717) is 0 Å². The van der Waals surface area contributed by atoms with Gasteiger partial charge in [-0.25, -0.2) is 12.8 Å². The highest BCUT2D eigenvalue weighted by Crippen LogP contribution is 2.31. The highest BCUT2D eigenvalue weighted by molar-refractivity contribution is 7.92. The van der Waals surface area contributed by atoms with E-state index in [4.69, 9.17) is 0 Å². The summed E-state index contributed by atoms with van der Waals surface area (Å²) in [6.07, 6.45) is 3.91. The van der Waals surface area contributed by atoms with Crippen molar-refractivity contribution in [3.8, 4) is 0 Å². The average molecular weight is 405 g/mol. The molecule has 7 heteroatoms. The fraction of sp³-hybridized carbons (Fsp3) is 0.381. The fourth-order valence-electron chi connectivity index (χ4n) is 3.84. The van der Waals surface area contributed by atoms with Crippen LogP contribution in [0.4, 0.5) is 10.1 Å². The smallest absolute Gasteiger partial charge is 0.244 e. The summed E-state index contributed by atoms with van der Waals surface area (Å²) >= 11 is 0. The molecule has 0 saturated carbocycles. The molecule has 1 aliphatic rings. The highest BCUT2D eigenvalue weighted by atomic mass is 32.2. The summed E-state index contributed by atoms with van der Waals surface area (Å²) < 4.78 is 40.2. The van der Waals surface area contributed by atoms with Crippen molar-refractivity contribution in [2.45, 2.75) is 44.7 Å². The Balaban J connectivity index is 1.91. The van der Waals surface area contributed by atoms with Crippen LogP contribution in [0.2, 0.25) is 0 Å². The predicted octanol–water partition coefficient (Wildman–Crippen LogP) is 3.56. The van der Waals surface area contributed by atoms with E-state index in [-0.39, 0.29) is 18.2 Å². The number of nitrogens with one attached hydrogen (secondary N) is 1. The van der Waals surface area contributed by atoms with Crippen LogP contribution < -0.4 is 9.62 Å². The van der Waals surface area contributed by atoms with E-state index in [1.807, 2.05) is 24.3 Å². The molecular weight excluding hydrogens is 379 g/mol. The monoisotopic (exact) mass is 404 g/mol. The van der Waals surface area contributed by atoms with Crippen molar-refractivity contribution in [2.24, 2.45) is 0 Å². The Morgan fingerprint density at radius 1 is 1.21 bits per heavy atom. The Morgan fingerprint density at radius 2 is 1.89 bits per heavy atom. The quantitative estimate of drug-likeness (QED) is 0.801. The SMILES string of the molecule is CC[C@H](C(=O)N[C@@H]1CCCc2ccccc21)N(c1ccccc1F)S(C)(=O)=O. The van der Waals surface area contributed by atoms with Gasteiger partial charge < -0.3 is 5.32 Å². The number of carbonyl (C=O) groups is 1. The summed E-state index contributed by atoms with van der Waals surface area (Å²) in [5, 5.41) is 3.00. The van der Waals surface area contributed by atoms with Gasteiger partial charge in [0, 0.05) is 0 Å². The first-order chi connectivity index (χ1) is 13.3. The number of aryl methyl sites for hydroxylation is 1. The van der Waals surface area contributed by atoms with Gasteiger partial charge in [0.05, 0.1) is 18.0 Å². The lowest BCUT2D eigenvalue weighted by molar-refractivity contribution is -0.123. The van der Waals surface area contributed by atoms with Crippen molar-refractivity contribution < 1.29 is 17.6 Å². The van der Waals surface area contributed by atoms with Crippen LogP contribution in [0.3, 0.4) is 0 Å². The number of para-hydroxylation sites is 1. The van der Waals surface area contributed by atoms with Gasteiger partial charge >= 0.3 is 0 Å². The largest absolute Gasteiger partial charge is 0.347 e. The van der Waals surface area contributed by atoms with Gasteiger partial charge in [0.15, 0.2) is 0 Å². The minimum atomic E-state index is -3.87. The molecule has 0 fully saturated rings. The number of benzene rings is 2. The molecule has 2 atom stereocenters. The van der Waals surface area contributed by atoms with Crippen molar-refractivity contribution >= 4 is 21.6 Å². The zero-order chi connectivity index (χ0) is 20.3. The topological polar surface area (TPSA) is 66.5 Å². The van der Waals surface area contributed by atoms with Crippen molar-refractivity contribution in [1.29, 1.82) is 0 Å². The minimum Gasteiger partial charge on any atom is -0.347 e. The van der Waals surface area contributed by atoms with Crippen LogP contribution in [-0.2, 0) is 21.2 Å². The molecule has 150 valence electrons. The van der Waals surface area contributed by atoms with Gasteiger partial charge in [-0.3, -0.25) is 9.10 Å². The summed E-state index contributed by atoms with van der Waals surface area (Å²) in [7, 11) is -3.87. The van der Waals surface area contributed by atoms with Crippen molar-refractivity contribution in [1.82, 2.24) is 5.32 Å². The zero-order valence-electron chi connectivity index (χ0n) is 16.1. The lowest BCUT2D eigenvalue weighted by atomic mass is 9.87. The van der Waals surface area contributed by atoms with Crippen molar-refractivity contribution in [3.05, 3.63) is 65.5 Å². The van der Waals surface area contributed by atoms with Gasteiger partial charge in [0.2, 0.25) is 15.9 Å². The molecule has 0 heterocycles. The molecule has 0 radical (unpaired) electrons. The summed E-state index contributed by atoms with van der Waals surface area (Å²) in [6.45, 7) is 1.72. The Hall–Kier alpha value is -2.41. The maximum absolute atomic E-state index is 14.3. The van der Waals surface area contributed by atoms with E-state index >= 15 is 0 Å². The maximum atomic E-state index is 14.3. The van der Waals surface area contributed by atoms with Crippen LogP contribution in [-0.4, -0.2) is 26.6 Å². The number of amides is 1. The van der Waals surface area contributed by atoms with Gasteiger partial charge in [0.25, 0.3) is 0 Å². The highest BCUT2D eigenvalue weighted by Gasteiger charge is 2.34. The molecule has 0 bridgehead atoms. The number of nitrogens with zero attached hydrogens (tertiary/aromatic N) is 1. The molecule has 1 aliphatic carbocycles. The molecular formula is C21H25FN2O3S. The predicted molar refractivity (Wildman–Crippen MR) is 108 cm³/mol. The number of hydrogen-bond acceptors (Lipinski definition) is 3. The van der Waals surface area contributed by atoms with Gasteiger partial charge in [-0.15, -0.1) is 0 Å². The van der Waals surface area contributed by atoms with Crippen LogP contribution in [0, 0.1) is 5.82 Å². The molecule has 5 nitrogen and oxygen atoms in total. The molecule has 0 spiro atoms. The van der Waals surface area contributed by atoms with Crippen LogP contribution in [0.25, 0.3) is 0 Å². The molecule has 1 amide bonds. The van der Waals surface area contributed by atoms with E-state index in [0.717, 1.165) is 35.4 Å². The Morgan fingerprint density at radius 3 is 2.57 bits per heavy atom. The van der Waals surface area contributed by atoms with Crippen molar-refractivity contribution in [2.75, 3.05) is 10.6 Å².